The van der Waals surface area contributed by atoms with Crippen molar-refractivity contribution in [2.24, 2.45) is 10.7 Å². The van der Waals surface area contributed by atoms with E-state index in [4.69, 9.17) is 5.73 Å². The first-order valence-electron chi connectivity index (χ1n) is 5.18. The van der Waals surface area contributed by atoms with E-state index < -0.39 is 0 Å². The molecule has 0 unspecified atom stereocenters. The zero-order chi connectivity index (χ0) is 11.3. The van der Waals surface area contributed by atoms with Gasteiger partial charge < -0.3 is 10.6 Å². The molecule has 3 nitrogen and oxygen atoms in total. The number of rotatable bonds is 3. The fourth-order valence-electron chi connectivity index (χ4n) is 1.41. The van der Waals surface area contributed by atoms with E-state index in [1.54, 1.807) is 7.05 Å². The molecule has 0 saturated carbocycles. The van der Waals surface area contributed by atoms with Crippen LogP contribution in [0.5, 0.6) is 0 Å². The SMILES string of the molecule is CCc1ccc(CN(C)C(N)=NC)cc1. The first-order valence-corrected chi connectivity index (χ1v) is 5.18. The molecule has 82 valence electrons. The van der Waals surface area contributed by atoms with Gasteiger partial charge in [0.15, 0.2) is 5.96 Å². The van der Waals surface area contributed by atoms with Crippen LogP contribution in [0.3, 0.4) is 0 Å². The number of hydrogen-bond acceptors (Lipinski definition) is 1. The molecule has 3 heteroatoms. The van der Waals surface area contributed by atoms with E-state index in [1.165, 1.54) is 11.1 Å². The summed E-state index contributed by atoms with van der Waals surface area (Å²) >= 11 is 0. The van der Waals surface area contributed by atoms with Crippen LogP contribution in [0.2, 0.25) is 0 Å². The summed E-state index contributed by atoms with van der Waals surface area (Å²) in [6.07, 6.45) is 1.08. The molecule has 0 spiro atoms. The monoisotopic (exact) mass is 205 g/mol. The normalized spacial score (nSPS) is 11.5. The number of hydrogen-bond donors (Lipinski definition) is 1. The van der Waals surface area contributed by atoms with Crippen LogP contribution in [-0.2, 0) is 13.0 Å². The molecule has 0 saturated heterocycles. The molecule has 15 heavy (non-hydrogen) atoms. The fraction of sp³-hybridized carbons (Fsp3) is 0.417. The van der Waals surface area contributed by atoms with Crippen molar-refractivity contribution < 1.29 is 0 Å². The van der Waals surface area contributed by atoms with Gasteiger partial charge in [-0.2, -0.15) is 0 Å². The molecule has 0 aliphatic rings. The summed E-state index contributed by atoms with van der Waals surface area (Å²) in [6, 6.07) is 8.58. The molecule has 0 atom stereocenters. The maximum absolute atomic E-state index is 5.70. The maximum atomic E-state index is 5.70. The van der Waals surface area contributed by atoms with E-state index in [2.05, 4.69) is 36.2 Å². The van der Waals surface area contributed by atoms with Crippen molar-refractivity contribution in [1.29, 1.82) is 0 Å². The van der Waals surface area contributed by atoms with Gasteiger partial charge in [-0.05, 0) is 17.5 Å². The Kier molecular flexibility index (Phi) is 4.16. The number of aliphatic imine (C=N–C) groups is 1. The topological polar surface area (TPSA) is 41.6 Å². The quantitative estimate of drug-likeness (QED) is 0.602. The van der Waals surface area contributed by atoms with Gasteiger partial charge in [0.05, 0.1) is 0 Å². The molecule has 0 radical (unpaired) electrons. The fourth-order valence-corrected chi connectivity index (χ4v) is 1.41. The number of nitrogens with zero attached hydrogens (tertiary/aromatic N) is 2. The Hall–Kier alpha value is -1.51. The van der Waals surface area contributed by atoms with Crippen molar-refractivity contribution in [2.45, 2.75) is 19.9 Å². The Morgan fingerprint density at radius 2 is 1.80 bits per heavy atom. The van der Waals surface area contributed by atoms with Gasteiger partial charge in [-0.3, -0.25) is 4.99 Å². The van der Waals surface area contributed by atoms with Gasteiger partial charge in [0, 0.05) is 20.6 Å². The van der Waals surface area contributed by atoms with Crippen molar-refractivity contribution in [3.05, 3.63) is 35.4 Å². The lowest BCUT2D eigenvalue weighted by molar-refractivity contribution is 0.494. The van der Waals surface area contributed by atoms with Crippen LogP contribution in [0.1, 0.15) is 18.1 Å². The molecular weight excluding hydrogens is 186 g/mol. The highest BCUT2D eigenvalue weighted by atomic mass is 15.2. The third kappa shape index (κ3) is 3.27. The Morgan fingerprint density at radius 3 is 2.27 bits per heavy atom. The Balaban J connectivity index is 2.65. The summed E-state index contributed by atoms with van der Waals surface area (Å²) < 4.78 is 0. The van der Waals surface area contributed by atoms with E-state index in [0.717, 1.165) is 13.0 Å². The van der Waals surface area contributed by atoms with Gasteiger partial charge in [-0.1, -0.05) is 31.2 Å². The Labute approximate surface area is 91.6 Å². The van der Waals surface area contributed by atoms with Crippen LogP contribution in [0.15, 0.2) is 29.3 Å². The van der Waals surface area contributed by atoms with E-state index in [-0.39, 0.29) is 0 Å². The Bertz CT molecular complexity index is 327. The number of nitrogens with two attached hydrogens (primary N) is 1. The summed E-state index contributed by atoms with van der Waals surface area (Å²) in [4.78, 5) is 5.87. The molecule has 0 amide bonds. The van der Waals surface area contributed by atoms with Crippen LogP contribution < -0.4 is 5.73 Å². The molecular formula is C12H19N3. The molecule has 1 aromatic carbocycles. The van der Waals surface area contributed by atoms with Gasteiger partial charge in [0.1, 0.15) is 0 Å². The van der Waals surface area contributed by atoms with Gasteiger partial charge in [0.25, 0.3) is 0 Å². The molecule has 0 fully saturated rings. The predicted octanol–water partition coefficient (Wildman–Crippen LogP) is 1.63. The summed E-state index contributed by atoms with van der Waals surface area (Å²) in [5.41, 5.74) is 8.31. The average molecular weight is 205 g/mol. The average Bonchev–Trinajstić information content (AvgIpc) is 2.29. The van der Waals surface area contributed by atoms with E-state index in [0.29, 0.717) is 5.96 Å². The first-order chi connectivity index (χ1) is 7.17. The highest BCUT2D eigenvalue weighted by Gasteiger charge is 2.01. The van der Waals surface area contributed by atoms with E-state index >= 15 is 0 Å². The lowest BCUT2D eigenvalue weighted by Gasteiger charge is -2.17. The molecule has 0 aliphatic carbocycles. The second-order valence-electron chi connectivity index (χ2n) is 3.61. The van der Waals surface area contributed by atoms with E-state index in [1.807, 2.05) is 11.9 Å². The summed E-state index contributed by atoms with van der Waals surface area (Å²) in [7, 11) is 3.64. The minimum atomic E-state index is 0.564. The van der Waals surface area contributed by atoms with Crippen molar-refractivity contribution in [2.75, 3.05) is 14.1 Å². The second kappa shape index (κ2) is 5.39. The summed E-state index contributed by atoms with van der Waals surface area (Å²) in [5.74, 6) is 0.564. The smallest absolute Gasteiger partial charge is 0.191 e. The third-order valence-electron chi connectivity index (χ3n) is 2.47. The predicted molar refractivity (Wildman–Crippen MR) is 64.8 cm³/mol. The zero-order valence-electron chi connectivity index (χ0n) is 9.70. The van der Waals surface area contributed by atoms with Gasteiger partial charge in [-0.25, -0.2) is 0 Å². The van der Waals surface area contributed by atoms with Crippen LogP contribution in [0, 0.1) is 0 Å². The molecule has 2 N–H and O–H groups in total. The van der Waals surface area contributed by atoms with E-state index in [9.17, 15) is 0 Å². The van der Waals surface area contributed by atoms with Gasteiger partial charge in [0.2, 0.25) is 0 Å². The van der Waals surface area contributed by atoms with Crippen molar-refractivity contribution >= 4 is 5.96 Å². The maximum Gasteiger partial charge on any atom is 0.191 e. The van der Waals surface area contributed by atoms with Crippen molar-refractivity contribution in [3.63, 3.8) is 0 Å². The first kappa shape index (κ1) is 11.6. The lowest BCUT2D eigenvalue weighted by atomic mass is 10.1. The van der Waals surface area contributed by atoms with Crippen LogP contribution in [0.4, 0.5) is 0 Å². The minimum absolute atomic E-state index is 0.564. The number of aryl methyl sites for hydroxylation is 1. The van der Waals surface area contributed by atoms with Gasteiger partial charge >= 0.3 is 0 Å². The largest absolute Gasteiger partial charge is 0.370 e. The number of guanidine groups is 1. The molecule has 0 heterocycles. The second-order valence-corrected chi connectivity index (χ2v) is 3.61. The van der Waals surface area contributed by atoms with Crippen molar-refractivity contribution in [1.82, 2.24) is 4.90 Å². The van der Waals surface area contributed by atoms with Crippen LogP contribution in [0.25, 0.3) is 0 Å². The van der Waals surface area contributed by atoms with Gasteiger partial charge in [-0.15, -0.1) is 0 Å². The molecule has 1 rings (SSSR count). The molecule has 0 bridgehead atoms. The molecule has 0 aliphatic heterocycles. The minimum Gasteiger partial charge on any atom is -0.370 e. The third-order valence-corrected chi connectivity index (χ3v) is 2.47. The molecule has 1 aromatic rings. The highest BCUT2D eigenvalue weighted by molar-refractivity contribution is 5.77. The molecule has 0 aromatic heterocycles. The van der Waals surface area contributed by atoms with Crippen LogP contribution >= 0.6 is 0 Å². The lowest BCUT2D eigenvalue weighted by Crippen LogP contribution is -2.33. The van der Waals surface area contributed by atoms with Crippen LogP contribution in [-0.4, -0.2) is 25.0 Å². The highest BCUT2D eigenvalue weighted by Crippen LogP contribution is 2.06. The number of benzene rings is 1. The zero-order valence-corrected chi connectivity index (χ0v) is 9.70. The standard InChI is InChI=1S/C12H19N3/c1-4-10-5-7-11(8-6-10)9-15(3)12(13)14-2/h5-8H,4,9H2,1-3H3,(H2,13,14). The summed E-state index contributed by atoms with van der Waals surface area (Å²) in [5, 5.41) is 0. The Morgan fingerprint density at radius 1 is 1.27 bits per heavy atom. The summed E-state index contributed by atoms with van der Waals surface area (Å²) in [6.45, 7) is 2.95. The van der Waals surface area contributed by atoms with Crippen molar-refractivity contribution in [3.8, 4) is 0 Å².